The third-order valence-corrected chi connectivity index (χ3v) is 3.82. The van der Waals surface area contributed by atoms with Crippen molar-refractivity contribution in [2.75, 3.05) is 18.5 Å². The van der Waals surface area contributed by atoms with E-state index < -0.39 is 5.97 Å². The van der Waals surface area contributed by atoms with Crippen LogP contribution in [-0.4, -0.2) is 36.5 Å². The predicted octanol–water partition coefficient (Wildman–Crippen LogP) is 1.44. The van der Waals surface area contributed by atoms with Gasteiger partial charge in [0.2, 0.25) is 5.91 Å². The van der Waals surface area contributed by atoms with Crippen molar-refractivity contribution in [3.8, 4) is 0 Å². The monoisotopic (exact) mass is 304 g/mol. The van der Waals surface area contributed by atoms with E-state index in [1.807, 2.05) is 0 Å². The number of carbonyl (C=O) groups is 3. The van der Waals surface area contributed by atoms with E-state index in [9.17, 15) is 14.4 Å². The van der Waals surface area contributed by atoms with Crippen LogP contribution in [0, 0.1) is 5.92 Å². The third kappa shape index (κ3) is 3.63. The third-order valence-electron chi connectivity index (χ3n) is 3.82. The average molecular weight is 304 g/mol. The van der Waals surface area contributed by atoms with E-state index in [0.717, 1.165) is 11.3 Å². The number of anilines is 1. The molecule has 1 aliphatic heterocycles. The standard InChI is InChI=1S/C16H20N2O4/c1-10(7-15(20)21)9-17-16(22)12-3-5-13-11(8-12)4-6-14(19)18(13)2/h3,5,8,10H,4,6-7,9H2,1-2H3,(H,17,22)(H,20,21). The van der Waals surface area contributed by atoms with Gasteiger partial charge in [-0.3, -0.25) is 14.4 Å². The van der Waals surface area contributed by atoms with Crippen LogP contribution in [-0.2, 0) is 16.0 Å². The van der Waals surface area contributed by atoms with Crippen molar-refractivity contribution in [2.24, 2.45) is 5.92 Å². The maximum absolute atomic E-state index is 12.1. The molecule has 22 heavy (non-hydrogen) atoms. The lowest BCUT2D eigenvalue weighted by atomic mass is 9.99. The van der Waals surface area contributed by atoms with E-state index in [1.165, 1.54) is 0 Å². The molecule has 1 aliphatic rings. The molecule has 1 atom stereocenters. The molecule has 1 aromatic carbocycles. The molecule has 6 heteroatoms. The summed E-state index contributed by atoms with van der Waals surface area (Å²) < 4.78 is 0. The van der Waals surface area contributed by atoms with Gasteiger partial charge in [-0.25, -0.2) is 0 Å². The summed E-state index contributed by atoms with van der Waals surface area (Å²) in [4.78, 5) is 36.0. The normalized spacial score (nSPS) is 15.2. The lowest BCUT2D eigenvalue weighted by Gasteiger charge is -2.26. The summed E-state index contributed by atoms with van der Waals surface area (Å²) in [5.74, 6) is -1.14. The fourth-order valence-electron chi connectivity index (χ4n) is 2.54. The van der Waals surface area contributed by atoms with Crippen LogP contribution in [0.5, 0.6) is 0 Å². The maximum Gasteiger partial charge on any atom is 0.303 e. The van der Waals surface area contributed by atoms with Crippen molar-refractivity contribution in [1.82, 2.24) is 5.32 Å². The quantitative estimate of drug-likeness (QED) is 0.861. The molecule has 2 rings (SSSR count). The SMILES string of the molecule is CC(CNC(=O)c1ccc2c(c1)CCC(=O)N2C)CC(=O)O. The summed E-state index contributed by atoms with van der Waals surface area (Å²) in [6.07, 6.45) is 1.11. The lowest BCUT2D eigenvalue weighted by molar-refractivity contribution is -0.137. The van der Waals surface area contributed by atoms with Gasteiger partial charge in [0, 0.05) is 37.7 Å². The number of rotatable bonds is 5. The van der Waals surface area contributed by atoms with Gasteiger partial charge in [-0.2, -0.15) is 0 Å². The minimum atomic E-state index is -0.872. The molecule has 0 fully saturated rings. The lowest BCUT2D eigenvalue weighted by Crippen LogP contribution is -2.32. The van der Waals surface area contributed by atoms with Crippen LogP contribution in [0.4, 0.5) is 5.69 Å². The number of nitrogens with one attached hydrogen (secondary N) is 1. The smallest absolute Gasteiger partial charge is 0.303 e. The first-order chi connectivity index (χ1) is 10.4. The van der Waals surface area contributed by atoms with E-state index in [-0.39, 0.29) is 24.2 Å². The Balaban J connectivity index is 2.02. The fraction of sp³-hybridized carbons (Fsp3) is 0.438. The molecular weight excluding hydrogens is 284 g/mol. The summed E-state index contributed by atoms with van der Waals surface area (Å²) in [6, 6.07) is 5.27. The predicted molar refractivity (Wildman–Crippen MR) is 81.9 cm³/mol. The topological polar surface area (TPSA) is 86.7 Å². The second kappa shape index (κ2) is 6.60. The molecule has 0 aromatic heterocycles. The minimum Gasteiger partial charge on any atom is -0.481 e. The molecule has 1 aromatic rings. The van der Waals surface area contributed by atoms with Gasteiger partial charge in [0.1, 0.15) is 0 Å². The number of fused-ring (bicyclic) bond motifs is 1. The molecule has 6 nitrogen and oxygen atoms in total. The van der Waals surface area contributed by atoms with Crippen LogP contribution >= 0.6 is 0 Å². The van der Waals surface area contributed by atoms with Gasteiger partial charge in [0.15, 0.2) is 0 Å². The molecule has 0 saturated carbocycles. The Morgan fingerprint density at radius 2 is 2.09 bits per heavy atom. The van der Waals surface area contributed by atoms with Crippen LogP contribution in [0.2, 0.25) is 0 Å². The molecule has 0 saturated heterocycles. The van der Waals surface area contributed by atoms with Gasteiger partial charge >= 0.3 is 5.97 Å². The first kappa shape index (κ1) is 16.0. The maximum atomic E-state index is 12.1. The van der Waals surface area contributed by atoms with E-state index in [0.29, 0.717) is 24.9 Å². The Bertz CT molecular complexity index is 612. The Morgan fingerprint density at radius 3 is 2.77 bits per heavy atom. The van der Waals surface area contributed by atoms with Crippen molar-refractivity contribution in [3.63, 3.8) is 0 Å². The number of hydrogen-bond donors (Lipinski definition) is 2. The van der Waals surface area contributed by atoms with Gasteiger partial charge in [-0.05, 0) is 36.1 Å². The highest BCUT2D eigenvalue weighted by atomic mass is 16.4. The minimum absolute atomic E-state index is 0.0252. The molecule has 0 aliphatic carbocycles. The van der Waals surface area contributed by atoms with Crippen molar-refractivity contribution in [3.05, 3.63) is 29.3 Å². The number of nitrogens with zero attached hydrogens (tertiary/aromatic N) is 1. The molecule has 1 heterocycles. The molecule has 2 N–H and O–H groups in total. The Labute approximate surface area is 129 Å². The number of amides is 2. The second-order valence-corrected chi connectivity index (χ2v) is 5.71. The van der Waals surface area contributed by atoms with Crippen molar-refractivity contribution in [1.29, 1.82) is 0 Å². The van der Waals surface area contributed by atoms with Crippen LogP contribution in [0.3, 0.4) is 0 Å². The fourth-order valence-corrected chi connectivity index (χ4v) is 2.54. The molecule has 0 spiro atoms. The molecule has 1 unspecified atom stereocenters. The number of hydrogen-bond acceptors (Lipinski definition) is 3. The Hall–Kier alpha value is -2.37. The Kier molecular flexibility index (Phi) is 4.80. The Morgan fingerprint density at radius 1 is 1.36 bits per heavy atom. The summed E-state index contributed by atoms with van der Waals surface area (Å²) in [5.41, 5.74) is 2.35. The van der Waals surface area contributed by atoms with Crippen LogP contribution in [0.1, 0.15) is 35.7 Å². The molecular formula is C16H20N2O4. The van der Waals surface area contributed by atoms with Gasteiger partial charge in [-0.15, -0.1) is 0 Å². The molecule has 0 radical (unpaired) electrons. The van der Waals surface area contributed by atoms with Crippen molar-refractivity contribution < 1.29 is 19.5 Å². The summed E-state index contributed by atoms with van der Waals surface area (Å²) >= 11 is 0. The van der Waals surface area contributed by atoms with Gasteiger partial charge < -0.3 is 15.3 Å². The number of benzene rings is 1. The second-order valence-electron chi connectivity index (χ2n) is 5.71. The highest BCUT2D eigenvalue weighted by molar-refractivity contribution is 5.98. The van der Waals surface area contributed by atoms with E-state index >= 15 is 0 Å². The first-order valence-corrected chi connectivity index (χ1v) is 7.28. The van der Waals surface area contributed by atoms with E-state index in [4.69, 9.17) is 5.11 Å². The highest BCUT2D eigenvalue weighted by Gasteiger charge is 2.21. The van der Waals surface area contributed by atoms with Crippen LogP contribution < -0.4 is 10.2 Å². The zero-order valence-electron chi connectivity index (χ0n) is 12.8. The molecule has 2 amide bonds. The molecule has 118 valence electrons. The van der Waals surface area contributed by atoms with Crippen molar-refractivity contribution in [2.45, 2.75) is 26.2 Å². The summed E-state index contributed by atoms with van der Waals surface area (Å²) in [6.45, 7) is 2.10. The number of aliphatic carboxylic acids is 1. The molecule has 0 bridgehead atoms. The van der Waals surface area contributed by atoms with Gasteiger partial charge in [0.25, 0.3) is 5.91 Å². The van der Waals surface area contributed by atoms with E-state index in [2.05, 4.69) is 5.32 Å². The zero-order chi connectivity index (χ0) is 16.3. The highest BCUT2D eigenvalue weighted by Crippen LogP contribution is 2.27. The zero-order valence-corrected chi connectivity index (χ0v) is 12.8. The summed E-state index contributed by atoms with van der Waals surface area (Å²) in [7, 11) is 1.73. The number of carboxylic acids is 1. The van der Waals surface area contributed by atoms with E-state index in [1.54, 1.807) is 37.1 Å². The number of aryl methyl sites for hydroxylation is 1. The first-order valence-electron chi connectivity index (χ1n) is 7.28. The van der Waals surface area contributed by atoms with Crippen LogP contribution in [0.25, 0.3) is 0 Å². The van der Waals surface area contributed by atoms with Gasteiger partial charge in [-0.1, -0.05) is 6.92 Å². The number of carbonyl (C=O) groups excluding carboxylic acids is 2. The van der Waals surface area contributed by atoms with Crippen LogP contribution in [0.15, 0.2) is 18.2 Å². The van der Waals surface area contributed by atoms with Crippen molar-refractivity contribution >= 4 is 23.5 Å². The van der Waals surface area contributed by atoms with Gasteiger partial charge in [0.05, 0.1) is 0 Å². The number of carboxylic acid groups (broad SMARTS) is 1. The largest absolute Gasteiger partial charge is 0.481 e. The average Bonchev–Trinajstić information content (AvgIpc) is 2.47. The summed E-state index contributed by atoms with van der Waals surface area (Å²) in [5, 5.41) is 11.4.